The lowest BCUT2D eigenvalue weighted by atomic mass is 10.0. The van der Waals surface area contributed by atoms with Crippen molar-refractivity contribution in [3.63, 3.8) is 0 Å². The Labute approximate surface area is 109 Å². The van der Waals surface area contributed by atoms with Gasteiger partial charge in [0.05, 0.1) is 18.7 Å². The predicted molar refractivity (Wildman–Crippen MR) is 70.8 cm³/mol. The molecule has 0 aliphatic heterocycles. The van der Waals surface area contributed by atoms with Gasteiger partial charge in [0, 0.05) is 4.47 Å². The average molecular weight is 288 g/mol. The lowest BCUT2D eigenvalue weighted by Crippen LogP contribution is -1.85. The van der Waals surface area contributed by atoms with Crippen molar-refractivity contribution in [3.8, 4) is 22.9 Å². The maximum Gasteiger partial charge on any atom is 0.119 e. The number of benzene rings is 2. The predicted octanol–water partition coefficient (Wildman–Crippen LogP) is 4.00. The number of nitriles is 1. The molecule has 2 rings (SSSR count). The second-order valence-electron chi connectivity index (χ2n) is 3.54. The minimum atomic E-state index is 0.642. The zero-order valence-corrected chi connectivity index (χ0v) is 10.9. The molecule has 0 aliphatic rings. The first-order valence-corrected chi connectivity index (χ1v) is 5.88. The van der Waals surface area contributed by atoms with Crippen LogP contribution in [0.1, 0.15) is 5.56 Å². The summed E-state index contributed by atoms with van der Waals surface area (Å²) in [6.45, 7) is 0. The van der Waals surface area contributed by atoms with Crippen molar-refractivity contribution in [2.75, 3.05) is 7.11 Å². The standard InChI is InChI=1S/C14H10BrNO/c1-17-12-4-2-3-11(8-12)13-6-5-10(9-16)7-14(13)15/h2-8H,1H3. The van der Waals surface area contributed by atoms with Crippen LogP contribution in [-0.4, -0.2) is 7.11 Å². The Hall–Kier alpha value is -1.79. The van der Waals surface area contributed by atoms with Gasteiger partial charge in [-0.05, 0) is 35.4 Å². The van der Waals surface area contributed by atoms with Crippen LogP contribution in [0.5, 0.6) is 5.75 Å². The van der Waals surface area contributed by atoms with Crippen molar-refractivity contribution < 1.29 is 4.74 Å². The molecule has 0 saturated carbocycles. The van der Waals surface area contributed by atoms with E-state index in [1.54, 1.807) is 13.2 Å². The molecule has 0 fully saturated rings. The molecular weight excluding hydrogens is 278 g/mol. The molecule has 0 N–H and O–H groups in total. The SMILES string of the molecule is COc1cccc(-c2ccc(C#N)cc2Br)c1. The van der Waals surface area contributed by atoms with Crippen molar-refractivity contribution in [2.45, 2.75) is 0 Å². The lowest BCUT2D eigenvalue weighted by molar-refractivity contribution is 0.415. The summed E-state index contributed by atoms with van der Waals surface area (Å²) in [5.41, 5.74) is 2.74. The van der Waals surface area contributed by atoms with E-state index >= 15 is 0 Å². The fraction of sp³-hybridized carbons (Fsp3) is 0.0714. The number of ether oxygens (including phenoxy) is 1. The first-order chi connectivity index (χ1) is 8.24. The first-order valence-electron chi connectivity index (χ1n) is 5.08. The Balaban J connectivity index is 2.49. The van der Waals surface area contributed by atoms with E-state index in [0.717, 1.165) is 21.3 Å². The normalized spacial score (nSPS) is 9.71. The summed E-state index contributed by atoms with van der Waals surface area (Å²) >= 11 is 3.48. The van der Waals surface area contributed by atoms with Gasteiger partial charge in [0.1, 0.15) is 5.75 Å². The molecule has 0 heterocycles. The van der Waals surface area contributed by atoms with Crippen LogP contribution in [0, 0.1) is 11.3 Å². The summed E-state index contributed by atoms with van der Waals surface area (Å²) in [4.78, 5) is 0. The zero-order chi connectivity index (χ0) is 12.3. The van der Waals surface area contributed by atoms with Gasteiger partial charge in [0.15, 0.2) is 0 Å². The minimum absolute atomic E-state index is 0.642. The highest BCUT2D eigenvalue weighted by atomic mass is 79.9. The van der Waals surface area contributed by atoms with Crippen molar-refractivity contribution in [2.24, 2.45) is 0 Å². The Morgan fingerprint density at radius 2 is 2.00 bits per heavy atom. The van der Waals surface area contributed by atoms with Crippen LogP contribution < -0.4 is 4.74 Å². The van der Waals surface area contributed by atoms with Crippen LogP contribution in [0.25, 0.3) is 11.1 Å². The van der Waals surface area contributed by atoms with Crippen LogP contribution in [0.15, 0.2) is 46.9 Å². The van der Waals surface area contributed by atoms with Crippen molar-refractivity contribution >= 4 is 15.9 Å². The molecule has 2 nitrogen and oxygen atoms in total. The molecule has 0 atom stereocenters. The van der Waals surface area contributed by atoms with Crippen molar-refractivity contribution in [1.29, 1.82) is 5.26 Å². The van der Waals surface area contributed by atoms with Crippen molar-refractivity contribution in [1.82, 2.24) is 0 Å². The van der Waals surface area contributed by atoms with E-state index in [1.807, 2.05) is 36.4 Å². The number of hydrogen-bond acceptors (Lipinski definition) is 2. The zero-order valence-electron chi connectivity index (χ0n) is 9.27. The van der Waals surface area contributed by atoms with E-state index in [4.69, 9.17) is 10.00 Å². The summed E-state index contributed by atoms with van der Waals surface area (Å²) in [7, 11) is 1.65. The van der Waals surface area contributed by atoms with Gasteiger partial charge in [0.2, 0.25) is 0 Å². The minimum Gasteiger partial charge on any atom is -0.497 e. The number of rotatable bonds is 2. The Morgan fingerprint density at radius 3 is 2.65 bits per heavy atom. The van der Waals surface area contributed by atoms with Crippen LogP contribution in [0.3, 0.4) is 0 Å². The summed E-state index contributed by atoms with van der Waals surface area (Å²) in [5, 5.41) is 8.81. The monoisotopic (exact) mass is 287 g/mol. The summed E-state index contributed by atoms with van der Waals surface area (Å²) in [6, 6.07) is 15.5. The Bertz CT molecular complexity index is 587. The molecule has 0 radical (unpaired) electrons. The van der Waals surface area contributed by atoms with Crippen LogP contribution in [0.2, 0.25) is 0 Å². The number of methoxy groups -OCH3 is 1. The third-order valence-electron chi connectivity index (χ3n) is 2.48. The molecule has 2 aromatic rings. The van der Waals surface area contributed by atoms with Crippen LogP contribution in [-0.2, 0) is 0 Å². The molecule has 0 saturated heterocycles. The molecule has 0 bridgehead atoms. The highest BCUT2D eigenvalue weighted by Crippen LogP contribution is 2.30. The van der Waals surface area contributed by atoms with Gasteiger partial charge < -0.3 is 4.74 Å². The molecule has 3 heteroatoms. The van der Waals surface area contributed by atoms with Gasteiger partial charge >= 0.3 is 0 Å². The van der Waals surface area contributed by atoms with E-state index in [-0.39, 0.29) is 0 Å². The number of halogens is 1. The van der Waals surface area contributed by atoms with Gasteiger partial charge in [-0.1, -0.05) is 34.1 Å². The Morgan fingerprint density at radius 1 is 1.18 bits per heavy atom. The molecule has 0 spiro atoms. The fourth-order valence-electron chi connectivity index (χ4n) is 1.61. The van der Waals surface area contributed by atoms with E-state index in [1.165, 1.54) is 0 Å². The van der Waals surface area contributed by atoms with Crippen LogP contribution >= 0.6 is 15.9 Å². The summed E-state index contributed by atoms with van der Waals surface area (Å²) < 4.78 is 6.10. The fourth-order valence-corrected chi connectivity index (χ4v) is 2.22. The largest absolute Gasteiger partial charge is 0.497 e. The highest BCUT2D eigenvalue weighted by Gasteiger charge is 2.05. The third-order valence-corrected chi connectivity index (χ3v) is 3.14. The molecular formula is C14H10BrNO. The van der Waals surface area contributed by atoms with E-state index < -0.39 is 0 Å². The quantitative estimate of drug-likeness (QED) is 0.837. The van der Waals surface area contributed by atoms with E-state index in [9.17, 15) is 0 Å². The number of nitrogens with zero attached hydrogens (tertiary/aromatic N) is 1. The second kappa shape index (κ2) is 5.03. The highest BCUT2D eigenvalue weighted by molar-refractivity contribution is 9.10. The topological polar surface area (TPSA) is 33.0 Å². The molecule has 0 aromatic heterocycles. The van der Waals surface area contributed by atoms with E-state index in [0.29, 0.717) is 5.56 Å². The summed E-state index contributed by atoms with van der Waals surface area (Å²) in [6.07, 6.45) is 0. The molecule has 0 aliphatic carbocycles. The second-order valence-corrected chi connectivity index (χ2v) is 4.39. The first kappa shape index (κ1) is 11.7. The van der Waals surface area contributed by atoms with Crippen molar-refractivity contribution in [3.05, 3.63) is 52.5 Å². The maximum absolute atomic E-state index is 8.81. The summed E-state index contributed by atoms with van der Waals surface area (Å²) in [5.74, 6) is 0.818. The third kappa shape index (κ3) is 2.48. The number of hydrogen-bond donors (Lipinski definition) is 0. The van der Waals surface area contributed by atoms with Gasteiger partial charge in [-0.15, -0.1) is 0 Å². The molecule has 2 aromatic carbocycles. The average Bonchev–Trinajstić information content (AvgIpc) is 2.38. The molecule has 17 heavy (non-hydrogen) atoms. The maximum atomic E-state index is 8.81. The smallest absolute Gasteiger partial charge is 0.119 e. The van der Waals surface area contributed by atoms with Gasteiger partial charge in [-0.3, -0.25) is 0 Å². The van der Waals surface area contributed by atoms with E-state index in [2.05, 4.69) is 22.0 Å². The van der Waals surface area contributed by atoms with Gasteiger partial charge in [-0.2, -0.15) is 5.26 Å². The van der Waals surface area contributed by atoms with Gasteiger partial charge in [-0.25, -0.2) is 0 Å². The Kier molecular flexibility index (Phi) is 3.46. The van der Waals surface area contributed by atoms with Crippen LogP contribution in [0.4, 0.5) is 0 Å². The molecule has 0 unspecified atom stereocenters. The molecule has 0 amide bonds. The van der Waals surface area contributed by atoms with Gasteiger partial charge in [0.25, 0.3) is 0 Å². The lowest BCUT2D eigenvalue weighted by Gasteiger charge is -2.07. The molecule has 84 valence electrons.